The van der Waals surface area contributed by atoms with E-state index < -0.39 is 16.1 Å². The zero-order valence-corrected chi connectivity index (χ0v) is 11.8. The third-order valence-corrected chi connectivity index (χ3v) is 4.70. The summed E-state index contributed by atoms with van der Waals surface area (Å²) in [5.74, 6) is -0.126. The van der Waals surface area contributed by atoms with E-state index in [0.717, 1.165) is 4.31 Å². The lowest BCUT2D eigenvalue weighted by molar-refractivity contribution is 0.136. The molecule has 19 heavy (non-hydrogen) atoms. The fourth-order valence-electron chi connectivity index (χ4n) is 1.59. The summed E-state index contributed by atoms with van der Waals surface area (Å²) < 4.78 is 35.7. The molecule has 1 aromatic heterocycles. The van der Waals surface area contributed by atoms with Crippen LogP contribution >= 0.6 is 0 Å². The van der Waals surface area contributed by atoms with Gasteiger partial charge in [-0.15, -0.1) is 0 Å². The van der Waals surface area contributed by atoms with E-state index in [1.165, 1.54) is 14.2 Å². The van der Waals surface area contributed by atoms with Crippen LogP contribution in [0, 0.1) is 0 Å². The average Bonchev–Trinajstić information content (AvgIpc) is 2.80. The molecule has 6 nitrogen and oxygen atoms in total. The summed E-state index contributed by atoms with van der Waals surface area (Å²) in [7, 11) is -0.629. The van der Waals surface area contributed by atoms with E-state index in [1.54, 1.807) is 25.1 Å². The zero-order valence-electron chi connectivity index (χ0n) is 11.0. The lowest BCUT2D eigenvalue weighted by Crippen LogP contribution is -2.33. The highest BCUT2D eigenvalue weighted by Gasteiger charge is 2.25. The predicted octanol–water partition coefficient (Wildman–Crippen LogP) is 1.63. The Labute approximate surface area is 112 Å². The van der Waals surface area contributed by atoms with Crippen LogP contribution in [0.25, 0.3) is 11.1 Å². The van der Waals surface area contributed by atoms with Crippen molar-refractivity contribution in [1.29, 1.82) is 0 Å². The molecule has 0 aliphatic carbocycles. The van der Waals surface area contributed by atoms with Crippen molar-refractivity contribution in [1.82, 2.24) is 4.98 Å². The van der Waals surface area contributed by atoms with Gasteiger partial charge in [0.25, 0.3) is 0 Å². The summed E-state index contributed by atoms with van der Waals surface area (Å²) in [6.07, 6.45) is -0.392. The smallest absolute Gasteiger partial charge is 0.312 e. The van der Waals surface area contributed by atoms with Crippen LogP contribution in [0.5, 0.6) is 0 Å². The number of methoxy groups -OCH3 is 1. The molecule has 0 spiro atoms. The quantitative estimate of drug-likeness (QED) is 0.834. The highest BCUT2D eigenvalue weighted by Crippen LogP contribution is 2.22. The third-order valence-electron chi connectivity index (χ3n) is 2.82. The van der Waals surface area contributed by atoms with E-state index in [9.17, 15) is 8.42 Å². The number of anilines is 1. The number of hydrogen-bond donors (Lipinski definition) is 0. The first kappa shape index (κ1) is 13.8. The summed E-state index contributed by atoms with van der Waals surface area (Å²) in [4.78, 5) is 4.15. The van der Waals surface area contributed by atoms with Gasteiger partial charge in [0.2, 0.25) is 10.0 Å². The van der Waals surface area contributed by atoms with Gasteiger partial charge in [0.1, 0.15) is 5.52 Å². The zero-order chi connectivity index (χ0) is 14.0. The maximum absolute atomic E-state index is 12.1. The molecule has 1 unspecified atom stereocenters. The Kier molecular flexibility index (Phi) is 3.77. The number of aromatic nitrogens is 1. The first-order chi connectivity index (χ1) is 8.94. The van der Waals surface area contributed by atoms with Crippen LogP contribution in [0.15, 0.2) is 28.7 Å². The molecule has 0 aliphatic heterocycles. The first-order valence-corrected chi connectivity index (χ1v) is 7.40. The number of ether oxygens (including phenoxy) is 1. The van der Waals surface area contributed by atoms with Crippen LogP contribution in [-0.4, -0.2) is 39.4 Å². The molecule has 0 fully saturated rings. The molecule has 0 N–H and O–H groups in total. The molecular weight excluding hydrogens is 268 g/mol. The fraction of sp³-hybridized carbons (Fsp3) is 0.417. The SMILES string of the molecule is COC(C)CS(=O)(=O)N(C)c1nc2ccccc2o1. The molecule has 0 aliphatic rings. The Morgan fingerprint density at radius 2 is 2.11 bits per heavy atom. The number of hydrogen-bond acceptors (Lipinski definition) is 5. The highest BCUT2D eigenvalue weighted by molar-refractivity contribution is 7.92. The number of fused-ring (bicyclic) bond motifs is 1. The van der Waals surface area contributed by atoms with Gasteiger partial charge in [-0.25, -0.2) is 12.7 Å². The molecule has 1 aromatic carbocycles. The van der Waals surface area contributed by atoms with E-state index in [2.05, 4.69) is 4.98 Å². The molecule has 2 rings (SSSR count). The summed E-state index contributed by atoms with van der Waals surface area (Å²) in [5, 5.41) is 0. The van der Waals surface area contributed by atoms with Gasteiger partial charge in [-0.3, -0.25) is 0 Å². The van der Waals surface area contributed by atoms with Crippen molar-refractivity contribution in [3.63, 3.8) is 0 Å². The second-order valence-electron chi connectivity index (χ2n) is 4.26. The number of rotatable bonds is 5. The number of benzene rings is 1. The van der Waals surface area contributed by atoms with Crippen molar-refractivity contribution in [3.05, 3.63) is 24.3 Å². The topological polar surface area (TPSA) is 72.6 Å². The van der Waals surface area contributed by atoms with Gasteiger partial charge in [0.05, 0.1) is 11.9 Å². The maximum atomic E-state index is 12.1. The molecule has 2 aromatic rings. The van der Waals surface area contributed by atoms with E-state index in [0.29, 0.717) is 11.1 Å². The standard InChI is InChI=1S/C12H16N2O4S/c1-9(17-3)8-19(15,16)14(2)12-13-10-6-4-5-7-11(10)18-12/h4-7,9H,8H2,1-3H3. The van der Waals surface area contributed by atoms with Crippen molar-refractivity contribution < 1.29 is 17.6 Å². The van der Waals surface area contributed by atoms with Gasteiger partial charge in [-0.1, -0.05) is 12.1 Å². The minimum Gasteiger partial charge on any atom is -0.423 e. The van der Waals surface area contributed by atoms with E-state index in [1.807, 2.05) is 6.07 Å². The Balaban J connectivity index is 2.30. The van der Waals surface area contributed by atoms with Gasteiger partial charge >= 0.3 is 6.01 Å². The second kappa shape index (κ2) is 5.18. The number of nitrogens with zero attached hydrogens (tertiary/aromatic N) is 2. The van der Waals surface area contributed by atoms with Crippen LogP contribution in [0.3, 0.4) is 0 Å². The summed E-state index contributed by atoms with van der Waals surface area (Å²) in [6.45, 7) is 1.69. The molecule has 0 radical (unpaired) electrons. The minimum atomic E-state index is -3.52. The summed E-state index contributed by atoms with van der Waals surface area (Å²) in [6, 6.07) is 7.18. The van der Waals surface area contributed by atoms with Crippen LogP contribution in [0.1, 0.15) is 6.92 Å². The van der Waals surface area contributed by atoms with Crippen LogP contribution < -0.4 is 4.31 Å². The largest absolute Gasteiger partial charge is 0.423 e. The van der Waals surface area contributed by atoms with Gasteiger partial charge < -0.3 is 9.15 Å². The molecule has 1 heterocycles. The third kappa shape index (κ3) is 2.87. The lowest BCUT2D eigenvalue weighted by atomic mass is 10.3. The van der Waals surface area contributed by atoms with Gasteiger partial charge in [-0.2, -0.15) is 4.98 Å². The highest BCUT2D eigenvalue weighted by atomic mass is 32.2. The minimum absolute atomic E-state index is 0.0597. The van der Waals surface area contributed by atoms with E-state index in [4.69, 9.17) is 9.15 Å². The van der Waals surface area contributed by atoms with Crippen LogP contribution in [0.4, 0.5) is 6.01 Å². The Bertz CT molecular complexity index is 632. The summed E-state index contributed by atoms with van der Waals surface area (Å²) >= 11 is 0. The Hall–Kier alpha value is -1.60. The second-order valence-corrected chi connectivity index (χ2v) is 6.30. The normalized spacial score (nSPS) is 13.6. The molecule has 7 heteroatoms. The van der Waals surface area contributed by atoms with Crippen molar-refractivity contribution >= 4 is 27.1 Å². The van der Waals surface area contributed by atoms with Gasteiger partial charge in [0.15, 0.2) is 5.58 Å². The molecule has 0 bridgehead atoms. The molecule has 104 valence electrons. The number of oxazole rings is 1. The Morgan fingerprint density at radius 1 is 1.42 bits per heavy atom. The first-order valence-electron chi connectivity index (χ1n) is 5.79. The molecular formula is C12H16N2O4S. The van der Waals surface area contributed by atoms with Crippen molar-refractivity contribution in [2.24, 2.45) is 0 Å². The summed E-state index contributed by atoms with van der Waals surface area (Å²) in [5.41, 5.74) is 1.18. The average molecular weight is 284 g/mol. The van der Waals surface area contributed by atoms with Crippen molar-refractivity contribution in [2.75, 3.05) is 24.2 Å². The monoisotopic (exact) mass is 284 g/mol. The predicted molar refractivity (Wildman–Crippen MR) is 72.7 cm³/mol. The molecule has 0 amide bonds. The van der Waals surface area contributed by atoms with Gasteiger partial charge in [-0.05, 0) is 19.1 Å². The van der Waals surface area contributed by atoms with Gasteiger partial charge in [0, 0.05) is 14.2 Å². The molecule has 0 saturated carbocycles. The van der Waals surface area contributed by atoms with Crippen LogP contribution in [0.2, 0.25) is 0 Å². The molecule has 0 saturated heterocycles. The molecule has 1 atom stereocenters. The number of sulfonamides is 1. The lowest BCUT2D eigenvalue weighted by Gasteiger charge is -2.17. The van der Waals surface area contributed by atoms with Crippen molar-refractivity contribution in [2.45, 2.75) is 13.0 Å². The van der Waals surface area contributed by atoms with E-state index >= 15 is 0 Å². The fourth-order valence-corrected chi connectivity index (χ4v) is 2.86. The van der Waals surface area contributed by atoms with E-state index in [-0.39, 0.29) is 11.8 Å². The number of para-hydroxylation sites is 2. The van der Waals surface area contributed by atoms with Crippen molar-refractivity contribution in [3.8, 4) is 0 Å². The van der Waals surface area contributed by atoms with Crippen LogP contribution in [-0.2, 0) is 14.8 Å². The maximum Gasteiger partial charge on any atom is 0.312 e. The Morgan fingerprint density at radius 3 is 2.74 bits per heavy atom.